The normalized spacial score (nSPS) is 10.7. The molecule has 0 fully saturated rings. The van der Waals surface area contributed by atoms with Gasteiger partial charge >= 0.3 is 54.9 Å². The standard InChI is InChI=1S/C24H48O2.Ba.2H/c1-2-3-4-5-6-7-8-9-10-11-12-13-14-15-16-17-18-19-20-21-22-23-24(25)26;;;/h2-23H2,1H3,(H,25,26);;;. The first-order valence-electron chi connectivity index (χ1n) is 12.0. The van der Waals surface area contributed by atoms with Crippen LogP contribution in [0.1, 0.15) is 148 Å². The Labute approximate surface area is 211 Å². The van der Waals surface area contributed by atoms with Gasteiger partial charge in [-0.15, -0.1) is 0 Å². The van der Waals surface area contributed by atoms with Gasteiger partial charge in [0.05, 0.1) is 0 Å². The second-order valence-corrected chi connectivity index (χ2v) is 8.21. The van der Waals surface area contributed by atoms with Gasteiger partial charge in [0, 0.05) is 6.42 Å². The molecule has 0 saturated heterocycles. The molecule has 0 amide bonds. The van der Waals surface area contributed by atoms with E-state index in [1.165, 1.54) is 122 Å². The Morgan fingerprint density at radius 3 is 0.926 bits per heavy atom. The van der Waals surface area contributed by atoms with Crippen molar-refractivity contribution in [3.8, 4) is 0 Å². The molecule has 0 aromatic rings. The van der Waals surface area contributed by atoms with Crippen LogP contribution in [0.25, 0.3) is 0 Å². The molecule has 0 rings (SSSR count). The van der Waals surface area contributed by atoms with Crippen molar-refractivity contribution in [2.24, 2.45) is 0 Å². The monoisotopic (exact) mass is 508 g/mol. The van der Waals surface area contributed by atoms with Gasteiger partial charge in [-0.25, -0.2) is 0 Å². The fraction of sp³-hybridized carbons (Fsp3) is 0.958. The van der Waals surface area contributed by atoms with Crippen LogP contribution in [0.3, 0.4) is 0 Å². The molecule has 0 aliphatic heterocycles. The van der Waals surface area contributed by atoms with E-state index in [4.69, 9.17) is 5.11 Å². The number of carboxylic acids is 1. The Hall–Kier alpha value is 1.04. The van der Waals surface area contributed by atoms with E-state index in [1.807, 2.05) is 0 Å². The summed E-state index contributed by atoms with van der Waals surface area (Å²) < 4.78 is 0. The van der Waals surface area contributed by atoms with E-state index < -0.39 is 5.97 Å². The Morgan fingerprint density at radius 1 is 0.481 bits per heavy atom. The number of rotatable bonds is 22. The Balaban J connectivity index is 0. The number of carboxylic acid groups (broad SMARTS) is 1. The van der Waals surface area contributed by atoms with Crippen molar-refractivity contribution in [1.29, 1.82) is 0 Å². The first-order chi connectivity index (χ1) is 12.8. The van der Waals surface area contributed by atoms with Crippen molar-refractivity contribution in [3.05, 3.63) is 0 Å². The van der Waals surface area contributed by atoms with Crippen LogP contribution in [0, 0.1) is 0 Å². The van der Waals surface area contributed by atoms with E-state index in [1.54, 1.807) is 0 Å². The molecule has 0 unspecified atom stereocenters. The molecule has 0 saturated carbocycles. The number of unbranched alkanes of at least 4 members (excludes halogenated alkanes) is 20. The third-order valence-electron chi connectivity index (χ3n) is 5.49. The van der Waals surface area contributed by atoms with Crippen LogP contribution in [0.4, 0.5) is 0 Å². The predicted octanol–water partition coefficient (Wildman–Crippen LogP) is 7.76. The Morgan fingerprint density at radius 2 is 0.704 bits per heavy atom. The molecule has 0 aliphatic rings. The van der Waals surface area contributed by atoms with Crippen LogP contribution in [-0.2, 0) is 4.79 Å². The number of carbonyl (C=O) groups is 1. The fourth-order valence-electron chi connectivity index (χ4n) is 3.71. The van der Waals surface area contributed by atoms with E-state index >= 15 is 0 Å². The summed E-state index contributed by atoms with van der Waals surface area (Å²) in [6, 6.07) is 0. The van der Waals surface area contributed by atoms with Gasteiger partial charge in [-0.3, -0.25) is 4.79 Å². The van der Waals surface area contributed by atoms with E-state index in [2.05, 4.69) is 6.92 Å². The molecule has 2 nitrogen and oxygen atoms in total. The fourth-order valence-corrected chi connectivity index (χ4v) is 3.71. The summed E-state index contributed by atoms with van der Waals surface area (Å²) in [5.74, 6) is -0.650. The second-order valence-electron chi connectivity index (χ2n) is 8.21. The summed E-state index contributed by atoms with van der Waals surface area (Å²) >= 11 is 0. The molecule has 0 radical (unpaired) electrons. The maximum absolute atomic E-state index is 10.4. The van der Waals surface area contributed by atoms with E-state index in [9.17, 15) is 4.79 Å². The maximum atomic E-state index is 10.4. The molecule has 0 aromatic heterocycles. The Kier molecular flexibility index (Phi) is 30.3. The second kappa shape index (κ2) is 27.0. The van der Waals surface area contributed by atoms with Crippen molar-refractivity contribution < 1.29 is 9.90 Å². The van der Waals surface area contributed by atoms with Crippen molar-refractivity contribution >= 4 is 54.9 Å². The minimum atomic E-state index is -0.650. The predicted molar refractivity (Wildman–Crippen MR) is 123 cm³/mol. The average Bonchev–Trinajstić information content (AvgIpc) is 2.62. The minimum absolute atomic E-state index is 0. The van der Waals surface area contributed by atoms with Crippen LogP contribution in [0.2, 0.25) is 0 Å². The zero-order valence-electron chi connectivity index (χ0n) is 17.9. The van der Waals surface area contributed by atoms with E-state index in [0.717, 1.165) is 12.8 Å². The average molecular weight is 508 g/mol. The zero-order valence-corrected chi connectivity index (χ0v) is 17.9. The first kappa shape index (κ1) is 30.2. The van der Waals surface area contributed by atoms with Gasteiger partial charge in [-0.1, -0.05) is 135 Å². The first-order valence-corrected chi connectivity index (χ1v) is 12.0. The van der Waals surface area contributed by atoms with Crippen LogP contribution < -0.4 is 0 Å². The number of hydrogen-bond donors (Lipinski definition) is 1. The molecular weight excluding hydrogens is 458 g/mol. The molecule has 0 atom stereocenters. The van der Waals surface area contributed by atoms with Gasteiger partial charge in [-0.2, -0.15) is 0 Å². The molecule has 3 heteroatoms. The SMILES string of the molecule is CCCCCCCCCCCCCCCCCCCCCCCC(=O)O.[BaH2]. The van der Waals surface area contributed by atoms with Gasteiger partial charge in [-0.05, 0) is 6.42 Å². The van der Waals surface area contributed by atoms with Gasteiger partial charge in [0.2, 0.25) is 0 Å². The number of hydrogen-bond acceptors (Lipinski definition) is 1. The summed E-state index contributed by atoms with van der Waals surface area (Å²) in [6.45, 7) is 2.29. The van der Waals surface area contributed by atoms with Crippen LogP contribution in [0.15, 0.2) is 0 Å². The summed E-state index contributed by atoms with van der Waals surface area (Å²) in [7, 11) is 0. The Bertz CT molecular complexity index is 282. The molecule has 27 heavy (non-hydrogen) atoms. The topological polar surface area (TPSA) is 37.3 Å². The molecule has 0 heterocycles. The van der Waals surface area contributed by atoms with Crippen LogP contribution >= 0.6 is 0 Å². The van der Waals surface area contributed by atoms with Crippen LogP contribution in [0.5, 0.6) is 0 Å². The molecule has 0 spiro atoms. The van der Waals surface area contributed by atoms with Crippen molar-refractivity contribution in [3.63, 3.8) is 0 Å². The summed E-state index contributed by atoms with van der Waals surface area (Å²) in [5, 5.41) is 8.57. The van der Waals surface area contributed by atoms with Gasteiger partial charge in [0.15, 0.2) is 0 Å². The summed E-state index contributed by atoms with van der Waals surface area (Å²) in [4.78, 5) is 10.4. The van der Waals surface area contributed by atoms with Crippen LogP contribution in [-0.4, -0.2) is 60.0 Å². The van der Waals surface area contributed by atoms with E-state index in [-0.39, 0.29) is 48.9 Å². The molecule has 0 aromatic carbocycles. The van der Waals surface area contributed by atoms with Crippen molar-refractivity contribution in [2.45, 2.75) is 148 Å². The zero-order chi connectivity index (χ0) is 19.1. The summed E-state index contributed by atoms with van der Waals surface area (Å²) in [6.07, 6.45) is 29.1. The molecule has 1 N–H and O–H groups in total. The number of aliphatic carboxylic acids is 1. The van der Waals surface area contributed by atoms with Crippen molar-refractivity contribution in [1.82, 2.24) is 0 Å². The molecule has 160 valence electrons. The third kappa shape index (κ3) is 29.3. The third-order valence-corrected chi connectivity index (χ3v) is 5.49. The van der Waals surface area contributed by atoms with Gasteiger partial charge in [0.1, 0.15) is 0 Å². The van der Waals surface area contributed by atoms with Crippen molar-refractivity contribution in [2.75, 3.05) is 0 Å². The quantitative estimate of drug-likeness (QED) is 0.120. The summed E-state index contributed by atoms with van der Waals surface area (Å²) in [5.41, 5.74) is 0. The van der Waals surface area contributed by atoms with E-state index in [0.29, 0.717) is 6.42 Å². The molecular formula is C24H50BaO2. The van der Waals surface area contributed by atoms with Gasteiger partial charge < -0.3 is 5.11 Å². The van der Waals surface area contributed by atoms with Gasteiger partial charge in [0.25, 0.3) is 0 Å². The molecule has 0 aliphatic carbocycles. The molecule has 0 bridgehead atoms.